The Hall–Kier alpha value is -0.840. The van der Waals surface area contributed by atoms with E-state index in [2.05, 4.69) is 10.2 Å². The number of morpholine rings is 1. The lowest BCUT2D eigenvalue weighted by molar-refractivity contribution is -0.0548. The Morgan fingerprint density at radius 3 is 3.28 bits per heavy atom. The Kier molecular flexibility index (Phi) is 3.98. The number of furan rings is 1. The molecule has 1 aliphatic heterocycles. The first kappa shape index (κ1) is 12.2. The summed E-state index contributed by atoms with van der Waals surface area (Å²) in [6, 6.07) is 4.61. The van der Waals surface area contributed by atoms with E-state index < -0.39 is 0 Å². The van der Waals surface area contributed by atoms with E-state index in [1.165, 1.54) is 19.3 Å². The van der Waals surface area contributed by atoms with E-state index in [1.54, 1.807) is 6.26 Å². The van der Waals surface area contributed by atoms with E-state index in [1.807, 2.05) is 12.1 Å². The van der Waals surface area contributed by atoms with Crippen molar-refractivity contribution >= 4 is 0 Å². The maximum Gasteiger partial charge on any atom is 0.117 e. The second kappa shape index (κ2) is 5.87. The number of ether oxygens (including phenoxy) is 1. The summed E-state index contributed by atoms with van der Waals surface area (Å²) in [5.74, 6) is 1.01. The molecule has 2 atom stereocenters. The third-order valence-electron chi connectivity index (χ3n) is 4.05. The van der Waals surface area contributed by atoms with Crippen LogP contribution in [0.5, 0.6) is 0 Å². The van der Waals surface area contributed by atoms with Gasteiger partial charge < -0.3 is 14.5 Å². The Labute approximate surface area is 108 Å². The van der Waals surface area contributed by atoms with Crippen LogP contribution in [0.4, 0.5) is 0 Å². The molecule has 1 saturated carbocycles. The fourth-order valence-electron chi connectivity index (χ4n) is 3.13. The van der Waals surface area contributed by atoms with Crippen molar-refractivity contribution in [2.45, 2.75) is 38.0 Å². The van der Waals surface area contributed by atoms with Crippen LogP contribution in [-0.2, 0) is 11.3 Å². The molecule has 0 radical (unpaired) electrons. The van der Waals surface area contributed by atoms with Crippen LogP contribution in [0, 0.1) is 0 Å². The molecule has 2 unspecified atom stereocenters. The van der Waals surface area contributed by atoms with E-state index >= 15 is 0 Å². The molecule has 2 heterocycles. The summed E-state index contributed by atoms with van der Waals surface area (Å²) in [5, 5.41) is 3.44. The van der Waals surface area contributed by atoms with Gasteiger partial charge in [-0.1, -0.05) is 0 Å². The molecular weight excluding hydrogens is 228 g/mol. The Bertz CT molecular complexity index is 353. The van der Waals surface area contributed by atoms with Gasteiger partial charge in [0.05, 0.1) is 25.5 Å². The molecule has 0 aromatic carbocycles. The molecule has 4 nitrogen and oxygen atoms in total. The summed E-state index contributed by atoms with van der Waals surface area (Å²) in [5.41, 5.74) is 0. The SMILES string of the molecule is c1coc(CNCCN2CCOC3CCCC32)c1. The predicted molar refractivity (Wildman–Crippen MR) is 69.4 cm³/mol. The second-order valence-electron chi connectivity index (χ2n) is 5.20. The van der Waals surface area contributed by atoms with Crippen molar-refractivity contribution in [1.29, 1.82) is 0 Å². The minimum absolute atomic E-state index is 0.504. The van der Waals surface area contributed by atoms with Crippen molar-refractivity contribution in [2.75, 3.05) is 26.2 Å². The molecule has 1 N–H and O–H groups in total. The lowest BCUT2D eigenvalue weighted by Crippen LogP contribution is -2.50. The molecule has 100 valence electrons. The molecule has 3 rings (SSSR count). The predicted octanol–water partition coefficient (Wildman–Crippen LogP) is 1.62. The number of nitrogens with zero attached hydrogens (tertiary/aromatic N) is 1. The van der Waals surface area contributed by atoms with E-state index in [-0.39, 0.29) is 0 Å². The fourth-order valence-corrected chi connectivity index (χ4v) is 3.13. The summed E-state index contributed by atoms with van der Waals surface area (Å²) in [7, 11) is 0. The fraction of sp³-hybridized carbons (Fsp3) is 0.714. The van der Waals surface area contributed by atoms with Gasteiger partial charge >= 0.3 is 0 Å². The first-order valence-electron chi connectivity index (χ1n) is 7.02. The zero-order chi connectivity index (χ0) is 12.2. The molecule has 1 saturated heterocycles. The van der Waals surface area contributed by atoms with Crippen molar-refractivity contribution in [3.63, 3.8) is 0 Å². The number of hydrogen-bond donors (Lipinski definition) is 1. The molecule has 4 heteroatoms. The highest BCUT2D eigenvalue weighted by Crippen LogP contribution is 2.29. The van der Waals surface area contributed by atoms with Gasteiger partial charge in [0.25, 0.3) is 0 Å². The van der Waals surface area contributed by atoms with Crippen LogP contribution < -0.4 is 5.32 Å². The summed E-state index contributed by atoms with van der Waals surface area (Å²) < 4.78 is 11.1. The van der Waals surface area contributed by atoms with Crippen molar-refractivity contribution in [1.82, 2.24) is 10.2 Å². The molecule has 2 fully saturated rings. The maximum absolute atomic E-state index is 5.82. The molecule has 0 bridgehead atoms. The van der Waals surface area contributed by atoms with Crippen LogP contribution in [0.3, 0.4) is 0 Å². The average molecular weight is 250 g/mol. The highest BCUT2D eigenvalue weighted by Gasteiger charge is 2.35. The zero-order valence-corrected chi connectivity index (χ0v) is 10.8. The minimum Gasteiger partial charge on any atom is -0.468 e. The largest absolute Gasteiger partial charge is 0.468 e. The van der Waals surface area contributed by atoms with Crippen LogP contribution in [0.1, 0.15) is 25.0 Å². The summed E-state index contributed by atoms with van der Waals surface area (Å²) in [4.78, 5) is 2.59. The summed E-state index contributed by atoms with van der Waals surface area (Å²) in [6.45, 7) is 4.95. The molecule has 1 aromatic heterocycles. The van der Waals surface area contributed by atoms with Crippen molar-refractivity contribution in [2.24, 2.45) is 0 Å². The van der Waals surface area contributed by atoms with Gasteiger partial charge in [-0.05, 0) is 31.4 Å². The molecule has 1 aromatic rings. The number of rotatable bonds is 5. The van der Waals surface area contributed by atoms with Crippen molar-refractivity contribution in [3.8, 4) is 0 Å². The molecule has 2 aliphatic rings. The van der Waals surface area contributed by atoms with Gasteiger partial charge in [-0.25, -0.2) is 0 Å². The summed E-state index contributed by atoms with van der Waals surface area (Å²) >= 11 is 0. The quantitative estimate of drug-likeness (QED) is 0.806. The van der Waals surface area contributed by atoms with Crippen LogP contribution in [0.2, 0.25) is 0 Å². The van der Waals surface area contributed by atoms with Gasteiger partial charge in [0.2, 0.25) is 0 Å². The second-order valence-corrected chi connectivity index (χ2v) is 5.20. The molecule has 1 aliphatic carbocycles. The average Bonchev–Trinajstić information content (AvgIpc) is 3.05. The molecule has 18 heavy (non-hydrogen) atoms. The van der Waals surface area contributed by atoms with Crippen molar-refractivity contribution in [3.05, 3.63) is 24.2 Å². The van der Waals surface area contributed by atoms with E-state index in [0.29, 0.717) is 12.1 Å². The van der Waals surface area contributed by atoms with Gasteiger partial charge in [0.1, 0.15) is 5.76 Å². The van der Waals surface area contributed by atoms with Gasteiger partial charge in [-0.3, -0.25) is 4.90 Å². The Balaban J connectivity index is 1.39. The monoisotopic (exact) mass is 250 g/mol. The van der Waals surface area contributed by atoms with E-state index in [9.17, 15) is 0 Å². The van der Waals surface area contributed by atoms with E-state index in [4.69, 9.17) is 9.15 Å². The Morgan fingerprint density at radius 2 is 2.39 bits per heavy atom. The maximum atomic E-state index is 5.82. The van der Waals surface area contributed by atoms with Gasteiger partial charge in [-0.2, -0.15) is 0 Å². The van der Waals surface area contributed by atoms with Gasteiger partial charge in [0.15, 0.2) is 0 Å². The highest BCUT2D eigenvalue weighted by molar-refractivity contribution is 4.97. The standard InChI is InChI=1S/C14H22N2O2/c1-4-13-14(5-1)18-10-8-16(13)7-6-15-11-12-3-2-9-17-12/h2-3,9,13-15H,1,4-8,10-11H2. The van der Waals surface area contributed by atoms with E-state index in [0.717, 1.165) is 38.5 Å². The smallest absolute Gasteiger partial charge is 0.117 e. The Morgan fingerprint density at radius 1 is 1.39 bits per heavy atom. The molecular formula is C14H22N2O2. The lowest BCUT2D eigenvalue weighted by Gasteiger charge is -2.37. The van der Waals surface area contributed by atoms with Gasteiger partial charge in [0, 0.05) is 25.7 Å². The first-order valence-corrected chi connectivity index (χ1v) is 7.02. The van der Waals surface area contributed by atoms with Crippen LogP contribution in [-0.4, -0.2) is 43.3 Å². The zero-order valence-electron chi connectivity index (χ0n) is 10.8. The van der Waals surface area contributed by atoms with Crippen LogP contribution >= 0.6 is 0 Å². The molecule has 0 spiro atoms. The first-order chi connectivity index (χ1) is 8.93. The number of fused-ring (bicyclic) bond motifs is 1. The summed E-state index contributed by atoms with van der Waals surface area (Å²) in [6.07, 6.45) is 6.11. The number of hydrogen-bond acceptors (Lipinski definition) is 4. The van der Waals surface area contributed by atoms with Gasteiger partial charge in [-0.15, -0.1) is 0 Å². The number of nitrogens with one attached hydrogen (secondary N) is 1. The third-order valence-corrected chi connectivity index (χ3v) is 4.05. The topological polar surface area (TPSA) is 37.6 Å². The minimum atomic E-state index is 0.504. The highest BCUT2D eigenvalue weighted by atomic mass is 16.5. The van der Waals surface area contributed by atoms with Crippen LogP contribution in [0.25, 0.3) is 0 Å². The molecule has 0 amide bonds. The van der Waals surface area contributed by atoms with Crippen molar-refractivity contribution < 1.29 is 9.15 Å². The lowest BCUT2D eigenvalue weighted by atomic mass is 10.1. The third kappa shape index (κ3) is 2.76. The normalized spacial score (nSPS) is 28.4. The van der Waals surface area contributed by atoms with Crippen LogP contribution in [0.15, 0.2) is 22.8 Å².